The van der Waals surface area contributed by atoms with Gasteiger partial charge in [0.1, 0.15) is 0 Å². The van der Waals surface area contributed by atoms with Crippen LogP contribution in [0.5, 0.6) is 0 Å². The van der Waals surface area contributed by atoms with E-state index in [0.29, 0.717) is 0 Å². The molecule has 3 nitrogen and oxygen atoms in total. The van der Waals surface area contributed by atoms with Crippen molar-refractivity contribution in [2.45, 2.75) is 123 Å². The molecule has 436 valence electrons. The number of hydrogen-bond acceptors (Lipinski definition) is 1. The van der Waals surface area contributed by atoms with Crippen LogP contribution >= 0.6 is 0 Å². The van der Waals surface area contributed by atoms with Crippen molar-refractivity contribution in [3.8, 4) is 55.9 Å². The molecule has 88 heavy (non-hydrogen) atoms. The van der Waals surface area contributed by atoms with E-state index in [0.717, 1.165) is 28.4 Å². The summed E-state index contributed by atoms with van der Waals surface area (Å²) in [6, 6.07) is 93.7. The number of aryl methyl sites for hydroxylation is 2. The second-order valence-corrected chi connectivity index (χ2v) is 25.2. The number of aromatic nitrogens is 2. The average Bonchev–Trinajstić information content (AvgIpc) is 1.71. The summed E-state index contributed by atoms with van der Waals surface area (Å²) in [5.41, 5.74) is 26.6. The molecule has 0 saturated heterocycles. The molecular formula is C85H81N3. The van der Waals surface area contributed by atoms with Crippen molar-refractivity contribution in [3.63, 3.8) is 0 Å². The van der Waals surface area contributed by atoms with E-state index < -0.39 is 0 Å². The van der Waals surface area contributed by atoms with Crippen LogP contribution in [-0.2, 0) is 5.41 Å². The molecule has 2 aromatic heterocycles. The molecule has 0 spiro atoms. The lowest BCUT2D eigenvalue weighted by Crippen LogP contribution is -2.25. The number of rotatable bonds is 22. The monoisotopic (exact) mass is 1140 g/mol. The van der Waals surface area contributed by atoms with Gasteiger partial charge in [0.25, 0.3) is 0 Å². The fraction of sp³-hybridized carbons (Fsp3) is 0.224. The third-order valence-corrected chi connectivity index (χ3v) is 19.5. The predicted octanol–water partition coefficient (Wildman–Crippen LogP) is 24.7. The molecular weight excluding hydrogens is 1060 g/mol. The molecule has 2 heterocycles. The van der Waals surface area contributed by atoms with Crippen LogP contribution in [0.2, 0.25) is 0 Å². The van der Waals surface area contributed by atoms with Gasteiger partial charge in [0.2, 0.25) is 0 Å². The first-order valence-corrected chi connectivity index (χ1v) is 32.9. The summed E-state index contributed by atoms with van der Waals surface area (Å²) in [4.78, 5) is 2.41. The van der Waals surface area contributed by atoms with Gasteiger partial charge in [0.15, 0.2) is 0 Å². The summed E-state index contributed by atoms with van der Waals surface area (Å²) in [6.45, 7) is 9.11. The third kappa shape index (κ3) is 10.7. The highest BCUT2D eigenvalue weighted by Gasteiger charge is 2.42. The SMILES string of the molecule is CCCCCCCCC1(CCCCCCCC)c2cc(C)ccc2-c2ccc(-c3ccc(N(c4ccc(C)cc4)c4ccc(-c5ccc6c7ccccc7n(-c7ccc(-c8ccc(-n9c%10ccccc%10c%10ccccc%109)cc8)cc7)c6c5)cc4)cc3)cc21. The lowest BCUT2D eigenvalue weighted by molar-refractivity contribution is 0.398. The average molecular weight is 1140 g/mol. The summed E-state index contributed by atoms with van der Waals surface area (Å²) >= 11 is 0. The maximum Gasteiger partial charge on any atom is 0.0547 e. The van der Waals surface area contributed by atoms with E-state index in [-0.39, 0.29) is 5.41 Å². The van der Waals surface area contributed by atoms with Gasteiger partial charge in [-0.05, 0) is 173 Å². The van der Waals surface area contributed by atoms with Crippen LogP contribution in [0.15, 0.2) is 249 Å². The fourth-order valence-electron chi connectivity index (χ4n) is 14.8. The highest BCUT2D eigenvalue weighted by Crippen LogP contribution is 2.55. The van der Waals surface area contributed by atoms with Gasteiger partial charge in [-0.1, -0.05) is 260 Å². The molecule has 1 aliphatic rings. The van der Waals surface area contributed by atoms with E-state index in [1.807, 2.05) is 0 Å². The molecule has 0 amide bonds. The minimum absolute atomic E-state index is 0.0415. The Morgan fingerprint density at radius 1 is 0.295 bits per heavy atom. The molecule has 1 aliphatic carbocycles. The van der Waals surface area contributed by atoms with E-state index in [9.17, 15) is 0 Å². The minimum Gasteiger partial charge on any atom is -0.311 e. The molecule has 11 aromatic carbocycles. The summed E-state index contributed by atoms with van der Waals surface area (Å²) in [7, 11) is 0. The number of anilines is 3. The second kappa shape index (κ2) is 24.9. The quantitative estimate of drug-likeness (QED) is 0.0617. The van der Waals surface area contributed by atoms with Crippen molar-refractivity contribution in [1.29, 1.82) is 0 Å². The van der Waals surface area contributed by atoms with Gasteiger partial charge >= 0.3 is 0 Å². The van der Waals surface area contributed by atoms with Crippen LogP contribution in [0.4, 0.5) is 17.1 Å². The van der Waals surface area contributed by atoms with Gasteiger partial charge in [-0.2, -0.15) is 0 Å². The molecule has 0 saturated carbocycles. The number of para-hydroxylation sites is 3. The van der Waals surface area contributed by atoms with Gasteiger partial charge in [0.05, 0.1) is 22.1 Å². The van der Waals surface area contributed by atoms with Crippen LogP contribution in [0.1, 0.15) is 126 Å². The third-order valence-electron chi connectivity index (χ3n) is 19.5. The number of benzene rings is 11. The first kappa shape index (κ1) is 56.6. The highest BCUT2D eigenvalue weighted by atomic mass is 15.1. The van der Waals surface area contributed by atoms with Gasteiger partial charge in [-0.15, -0.1) is 0 Å². The van der Waals surface area contributed by atoms with Gasteiger partial charge in [0, 0.05) is 55.4 Å². The van der Waals surface area contributed by atoms with Gasteiger partial charge in [-0.25, -0.2) is 0 Å². The van der Waals surface area contributed by atoms with E-state index in [1.165, 1.54) is 189 Å². The van der Waals surface area contributed by atoms with Crippen molar-refractivity contribution in [2.75, 3.05) is 4.90 Å². The number of hydrogen-bond donors (Lipinski definition) is 0. The summed E-state index contributed by atoms with van der Waals surface area (Å²) in [5, 5.41) is 5.05. The van der Waals surface area contributed by atoms with Crippen molar-refractivity contribution in [1.82, 2.24) is 9.13 Å². The van der Waals surface area contributed by atoms with Crippen LogP contribution in [-0.4, -0.2) is 9.13 Å². The Morgan fingerprint density at radius 2 is 0.648 bits per heavy atom. The van der Waals surface area contributed by atoms with Crippen LogP contribution in [0.25, 0.3) is 99.5 Å². The molecule has 0 atom stereocenters. The Labute approximate surface area is 521 Å². The zero-order chi connectivity index (χ0) is 59.6. The largest absolute Gasteiger partial charge is 0.311 e. The van der Waals surface area contributed by atoms with E-state index >= 15 is 0 Å². The Balaban J connectivity index is 0.751. The lowest BCUT2D eigenvalue weighted by atomic mass is 9.70. The summed E-state index contributed by atoms with van der Waals surface area (Å²) < 4.78 is 4.82. The lowest BCUT2D eigenvalue weighted by Gasteiger charge is -2.33. The molecule has 0 bridgehead atoms. The van der Waals surface area contributed by atoms with E-state index in [1.54, 1.807) is 11.1 Å². The molecule has 0 N–H and O–H groups in total. The highest BCUT2D eigenvalue weighted by molar-refractivity contribution is 6.11. The van der Waals surface area contributed by atoms with Crippen LogP contribution < -0.4 is 4.90 Å². The Hall–Kier alpha value is -9.18. The molecule has 0 aliphatic heterocycles. The smallest absolute Gasteiger partial charge is 0.0547 e. The van der Waals surface area contributed by atoms with Crippen molar-refractivity contribution >= 4 is 60.7 Å². The standard InChI is InChI=1S/C85H81N3/c1-5-7-9-11-13-21-55-85(56-22-14-12-10-8-6-2)79-57-61(4)31-52-73(79)74-53-40-66(58-80(74)85)64-36-44-69(45-37-64)86(68-42-29-60(3)30-43-68)70-46-38-65(39-47-70)67-41-54-78-77-25-17-20-28-83(77)88(84(78)59-67)72-50-34-63(35-51-72)62-32-48-71(49-33-62)87-81-26-18-15-23-75(81)76-24-16-19-27-82(76)87/h15-20,23-54,57-59H,5-14,21-22,55-56H2,1-4H3. The van der Waals surface area contributed by atoms with Crippen molar-refractivity contribution in [3.05, 3.63) is 271 Å². The fourth-order valence-corrected chi connectivity index (χ4v) is 14.8. The topological polar surface area (TPSA) is 13.1 Å². The molecule has 0 fully saturated rings. The molecule has 0 radical (unpaired) electrons. The van der Waals surface area contributed by atoms with Crippen LogP contribution in [0.3, 0.4) is 0 Å². The zero-order valence-electron chi connectivity index (χ0n) is 51.9. The summed E-state index contributed by atoms with van der Waals surface area (Å²) in [5.74, 6) is 0. The summed E-state index contributed by atoms with van der Waals surface area (Å²) in [6.07, 6.45) is 18.3. The maximum absolute atomic E-state index is 2.60. The Morgan fingerprint density at radius 3 is 1.15 bits per heavy atom. The van der Waals surface area contributed by atoms with E-state index in [2.05, 4.69) is 290 Å². The molecule has 0 unspecified atom stereocenters. The molecule has 14 rings (SSSR count). The van der Waals surface area contributed by atoms with Crippen molar-refractivity contribution < 1.29 is 0 Å². The zero-order valence-corrected chi connectivity index (χ0v) is 51.9. The molecule has 13 aromatic rings. The van der Waals surface area contributed by atoms with Crippen molar-refractivity contribution in [2.24, 2.45) is 0 Å². The van der Waals surface area contributed by atoms with Gasteiger partial charge < -0.3 is 14.0 Å². The van der Waals surface area contributed by atoms with Crippen LogP contribution in [0, 0.1) is 13.8 Å². The Kier molecular flexibility index (Phi) is 16.0. The first-order chi connectivity index (χ1) is 43.4. The molecule has 3 heteroatoms. The number of unbranched alkanes of at least 4 members (excludes halogenated alkanes) is 10. The predicted molar refractivity (Wildman–Crippen MR) is 378 cm³/mol. The minimum atomic E-state index is 0.0415. The Bertz CT molecular complexity index is 4510. The van der Waals surface area contributed by atoms with E-state index in [4.69, 9.17) is 0 Å². The second-order valence-electron chi connectivity index (χ2n) is 25.2. The normalized spacial score (nSPS) is 12.6. The number of nitrogens with zero attached hydrogens (tertiary/aromatic N) is 3. The number of fused-ring (bicyclic) bond motifs is 9. The maximum atomic E-state index is 2.60. The van der Waals surface area contributed by atoms with Gasteiger partial charge in [-0.3, -0.25) is 0 Å². The first-order valence-electron chi connectivity index (χ1n) is 32.9.